The van der Waals surface area contributed by atoms with E-state index in [0.717, 1.165) is 96.5 Å². The number of ether oxygens (including phenoxy) is 2. The van der Waals surface area contributed by atoms with Crippen LogP contribution in [0.5, 0.6) is 11.5 Å². The normalized spacial score (nSPS) is 21.9. The maximum Gasteiger partial charge on any atom is 0.220 e. The zero-order valence-corrected chi connectivity index (χ0v) is 31.1. The largest absolute Gasteiger partial charge is 0.496 e. The summed E-state index contributed by atoms with van der Waals surface area (Å²) >= 11 is 14.6. The van der Waals surface area contributed by atoms with Gasteiger partial charge >= 0.3 is 0 Å². The van der Waals surface area contributed by atoms with E-state index in [4.69, 9.17) is 32.7 Å². The van der Waals surface area contributed by atoms with Crippen molar-refractivity contribution in [3.05, 3.63) is 93.0 Å². The fraction of sp³-hybridized carbons (Fsp3) is 0.381. The summed E-state index contributed by atoms with van der Waals surface area (Å²) in [7, 11) is 3.44. The van der Waals surface area contributed by atoms with Crippen LogP contribution in [0.1, 0.15) is 72.9 Å². The van der Waals surface area contributed by atoms with Gasteiger partial charge in [-0.25, -0.2) is 0 Å². The smallest absolute Gasteiger partial charge is 0.220 e. The Kier molecular flexibility index (Phi) is 9.92. The van der Waals surface area contributed by atoms with Crippen molar-refractivity contribution in [1.29, 1.82) is 0 Å². The van der Waals surface area contributed by atoms with E-state index in [0.29, 0.717) is 22.9 Å². The van der Waals surface area contributed by atoms with Crippen molar-refractivity contribution in [2.75, 3.05) is 27.3 Å². The van der Waals surface area contributed by atoms with Gasteiger partial charge < -0.3 is 30.7 Å². The van der Waals surface area contributed by atoms with Gasteiger partial charge in [0.05, 0.1) is 24.3 Å². The summed E-state index contributed by atoms with van der Waals surface area (Å²) in [5, 5.41) is 14.7. The third kappa shape index (κ3) is 6.66. The van der Waals surface area contributed by atoms with Crippen molar-refractivity contribution in [3.63, 3.8) is 0 Å². The van der Waals surface area contributed by atoms with Crippen molar-refractivity contribution >= 4 is 35.0 Å². The van der Waals surface area contributed by atoms with Crippen LogP contribution in [0.25, 0.3) is 33.4 Å². The van der Waals surface area contributed by atoms with E-state index in [1.165, 1.54) is 22.3 Å². The van der Waals surface area contributed by atoms with E-state index >= 15 is 0 Å². The molecule has 4 aliphatic rings. The zero-order chi connectivity index (χ0) is 35.9. The highest BCUT2D eigenvalue weighted by Crippen LogP contribution is 2.47. The molecule has 2 fully saturated rings. The van der Waals surface area contributed by atoms with Crippen molar-refractivity contribution in [3.8, 4) is 44.9 Å². The minimum absolute atomic E-state index is 0.132. The van der Waals surface area contributed by atoms with Gasteiger partial charge in [-0.2, -0.15) is 0 Å². The molecule has 4 aromatic carbocycles. The van der Waals surface area contributed by atoms with Crippen molar-refractivity contribution in [2.24, 2.45) is 0 Å². The molecule has 8 nitrogen and oxygen atoms in total. The molecule has 0 spiro atoms. The number of aryl methyl sites for hydroxylation is 2. The van der Waals surface area contributed by atoms with E-state index in [-0.39, 0.29) is 36.0 Å². The first-order valence-electron chi connectivity index (χ1n) is 18.4. The molecule has 4 unspecified atom stereocenters. The van der Waals surface area contributed by atoms with Gasteiger partial charge in [0, 0.05) is 83.5 Å². The van der Waals surface area contributed by atoms with Gasteiger partial charge in [0.15, 0.2) is 0 Å². The topological polar surface area (TPSA) is 101 Å². The van der Waals surface area contributed by atoms with Gasteiger partial charge in [0.1, 0.15) is 11.5 Å². The number of fused-ring (bicyclic) bond motifs is 2. The average Bonchev–Trinajstić information content (AvgIpc) is 3.96. The average molecular weight is 740 g/mol. The Bertz CT molecular complexity index is 1910. The number of benzene rings is 4. The molecule has 2 saturated heterocycles. The lowest BCUT2D eigenvalue weighted by molar-refractivity contribution is -0.120. The molecule has 2 heterocycles. The Balaban J connectivity index is 1.07. The van der Waals surface area contributed by atoms with Crippen LogP contribution in [0.15, 0.2) is 60.7 Å². The third-order valence-corrected chi connectivity index (χ3v) is 12.1. The summed E-state index contributed by atoms with van der Waals surface area (Å²) in [5.41, 5.74) is 10.4. The lowest BCUT2D eigenvalue weighted by Gasteiger charge is -2.21. The molecule has 2 aliphatic carbocycles. The van der Waals surface area contributed by atoms with Crippen molar-refractivity contribution < 1.29 is 19.1 Å². The molecule has 8 rings (SSSR count). The van der Waals surface area contributed by atoms with Crippen LogP contribution in [0, 0.1) is 0 Å². The SMILES string of the molecule is COc1cc(-c2cccc(-c3cccc(-c4cc5c(c(OC)c4)C(NCC4CCC(=O)N4)CC5)c3Cl)c2Cl)cc2c1C(NCC1CCC(=O)N1)CC2. The molecule has 270 valence electrons. The van der Waals surface area contributed by atoms with Gasteiger partial charge in [0.25, 0.3) is 0 Å². The second-order valence-electron chi connectivity index (χ2n) is 14.4. The van der Waals surface area contributed by atoms with Crippen LogP contribution >= 0.6 is 23.2 Å². The van der Waals surface area contributed by atoms with Crippen LogP contribution in [0.2, 0.25) is 10.0 Å². The van der Waals surface area contributed by atoms with Crippen molar-refractivity contribution in [1.82, 2.24) is 21.3 Å². The first-order chi connectivity index (χ1) is 25.3. The van der Waals surface area contributed by atoms with Gasteiger partial charge in [-0.1, -0.05) is 71.7 Å². The van der Waals surface area contributed by atoms with Gasteiger partial charge in [-0.15, -0.1) is 0 Å². The number of hydrogen-bond donors (Lipinski definition) is 4. The Morgan fingerprint density at radius 3 is 1.42 bits per heavy atom. The molecule has 2 aliphatic heterocycles. The fourth-order valence-corrected chi connectivity index (χ4v) is 9.35. The number of amides is 2. The van der Waals surface area contributed by atoms with Crippen LogP contribution in [-0.4, -0.2) is 51.2 Å². The maximum absolute atomic E-state index is 11.7. The number of halogens is 2. The minimum Gasteiger partial charge on any atom is -0.496 e. The second-order valence-corrected chi connectivity index (χ2v) is 15.2. The lowest BCUT2D eigenvalue weighted by atomic mass is 9.93. The molecule has 0 radical (unpaired) electrons. The lowest BCUT2D eigenvalue weighted by Crippen LogP contribution is -2.36. The minimum atomic E-state index is 0.132. The molecular formula is C42H44Cl2N4O4. The van der Waals surface area contributed by atoms with E-state index in [1.54, 1.807) is 14.2 Å². The summed E-state index contributed by atoms with van der Waals surface area (Å²) in [6.07, 6.45) is 6.73. The molecule has 10 heteroatoms. The van der Waals surface area contributed by atoms with Crippen LogP contribution in [0.4, 0.5) is 0 Å². The number of carbonyl (C=O) groups excluding carboxylic acids is 2. The maximum atomic E-state index is 11.7. The molecule has 0 aromatic heterocycles. The number of methoxy groups -OCH3 is 2. The fourth-order valence-electron chi connectivity index (χ4n) is 8.67. The third-order valence-electron chi connectivity index (χ3n) is 11.3. The molecule has 2 amide bonds. The predicted molar refractivity (Wildman–Crippen MR) is 206 cm³/mol. The molecule has 52 heavy (non-hydrogen) atoms. The second kappa shape index (κ2) is 14.7. The Hall–Kier alpha value is -4.08. The monoisotopic (exact) mass is 738 g/mol. The van der Waals surface area contributed by atoms with Crippen molar-refractivity contribution in [2.45, 2.75) is 75.5 Å². The standard InChI is InChI=1S/C42H44Cl2N4O4/c1-51-35-19-25(17-23-9-13-33(39(23)35)45-21-27-11-15-37(49)47-27)29-5-3-7-31(41(29)43)32-8-4-6-30(42(32)44)26-18-24-10-14-34(40(24)36(20-26)52-2)46-22-28-12-16-38(50)48-28/h3-8,17-20,27-28,33-34,45-46H,9-16,21-22H2,1-2H3,(H,47,49)(H,48,50). The van der Waals surface area contributed by atoms with Crippen LogP contribution in [-0.2, 0) is 22.4 Å². The zero-order valence-electron chi connectivity index (χ0n) is 29.5. The highest BCUT2D eigenvalue weighted by atomic mass is 35.5. The molecule has 4 N–H and O–H groups in total. The quantitative estimate of drug-likeness (QED) is 0.126. The number of carbonyl (C=O) groups is 2. The highest BCUT2D eigenvalue weighted by molar-refractivity contribution is 6.39. The highest BCUT2D eigenvalue weighted by Gasteiger charge is 2.31. The summed E-state index contributed by atoms with van der Waals surface area (Å²) in [4.78, 5) is 23.4. The summed E-state index contributed by atoms with van der Waals surface area (Å²) in [5.74, 6) is 1.94. The predicted octanol–water partition coefficient (Wildman–Crippen LogP) is 7.72. The Morgan fingerprint density at radius 1 is 0.615 bits per heavy atom. The number of nitrogens with one attached hydrogen (secondary N) is 4. The first kappa shape index (κ1) is 35.0. The summed E-state index contributed by atoms with van der Waals surface area (Å²) in [6.45, 7) is 1.49. The Morgan fingerprint density at radius 2 is 1.04 bits per heavy atom. The number of hydrogen-bond acceptors (Lipinski definition) is 6. The van der Waals surface area contributed by atoms with E-state index in [9.17, 15) is 9.59 Å². The van der Waals surface area contributed by atoms with E-state index < -0.39 is 0 Å². The van der Waals surface area contributed by atoms with Crippen LogP contribution in [0.3, 0.4) is 0 Å². The van der Waals surface area contributed by atoms with E-state index in [2.05, 4.69) is 57.7 Å². The van der Waals surface area contributed by atoms with Crippen LogP contribution < -0.4 is 30.7 Å². The van der Waals surface area contributed by atoms with Gasteiger partial charge in [0.2, 0.25) is 11.8 Å². The summed E-state index contributed by atoms with van der Waals surface area (Å²) < 4.78 is 11.9. The molecule has 0 bridgehead atoms. The molecular weight excluding hydrogens is 695 g/mol. The van der Waals surface area contributed by atoms with Gasteiger partial charge in [-0.3, -0.25) is 9.59 Å². The van der Waals surface area contributed by atoms with E-state index in [1.807, 2.05) is 24.3 Å². The summed E-state index contributed by atoms with van der Waals surface area (Å²) in [6, 6.07) is 21.5. The molecule has 0 saturated carbocycles. The Labute approximate surface area is 315 Å². The number of rotatable bonds is 11. The molecule has 4 aromatic rings. The van der Waals surface area contributed by atoms with Gasteiger partial charge in [-0.05, 0) is 72.9 Å². The molecule has 4 atom stereocenters. The first-order valence-corrected chi connectivity index (χ1v) is 19.1.